The van der Waals surface area contributed by atoms with Gasteiger partial charge in [-0.15, -0.1) is 11.3 Å². The smallest absolute Gasteiger partial charge is 0.250 e. The first kappa shape index (κ1) is 14.5. The minimum atomic E-state index is -0.417. The van der Waals surface area contributed by atoms with Crippen LogP contribution in [0.15, 0.2) is 17.5 Å². The van der Waals surface area contributed by atoms with Gasteiger partial charge in [-0.2, -0.15) is 0 Å². The number of hydrogen-bond acceptors (Lipinski definition) is 5. The standard InChI is InChI=1S/C13H20N2O3S/c1-15-5-7-18-11(9-15)13(17)14-10(4-6-16)12-3-2-8-19-12/h2-3,8,10-11,16H,4-7,9H2,1H3,(H,14,17)/t10-,11-/m0/s1. The average Bonchev–Trinajstić information content (AvgIpc) is 2.92. The van der Waals surface area contributed by atoms with Crippen LogP contribution in [0.2, 0.25) is 0 Å². The molecule has 1 saturated heterocycles. The van der Waals surface area contributed by atoms with E-state index in [4.69, 9.17) is 9.84 Å². The zero-order valence-electron chi connectivity index (χ0n) is 11.0. The van der Waals surface area contributed by atoms with Crippen molar-refractivity contribution in [1.29, 1.82) is 0 Å². The molecule has 5 nitrogen and oxygen atoms in total. The SMILES string of the molecule is CN1CCO[C@H](C(=O)N[C@@H](CCO)c2cccs2)C1. The Morgan fingerprint density at radius 1 is 1.74 bits per heavy atom. The number of aliphatic hydroxyl groups excluding tert-OH is 1. The molecular formula is C13H20N2O3S. The summed E-state index contributed by atoms with van der Waals surface area (Å²) in [7, 11) is 1.98. The number of hydrogen-bond donors (Lipinski definition) is 2. The Labute approximate surface area is 117 Å². The van der Waals surface area contributed by atoms with E-state index in [1.54, 1.807) is 11.3 Å². The minimum Gasteiger partial charge on any atom is -0.396 e. The molecule has 0 radical (unpaired) electrons. The van der Waals surface area contributed by atoms with Gasteiger partial charge in [-0.3, -0.25) is 4.79 Å². The average molecular weight is 284 g/mol. The highest BCUT2D eigenvalue weighted by atomic mass is 32.1. The molecular weight excluding hydrogens is 264 g/mol. The molecule has 1 amide bonds. The monoisotopic (exact) mass is 284 g/mol. The number of likely N-dealkylation sites (N-methyl/N-ethyl adjacent to an activating group) is 1. The zero-order valence-corrected chi connectivity index (χ0v) is 11.9. The van der Waals surface area contributed by atoms with Crippen molar-refractivity contribution in [3.63, 3.8) is 0 Å². The number of carbonyl (C=O) groups excluding carboxylic acids is 1. The molecule has 1 aromatic heterocycles. The second-order valence-electron chi connectivity index (χ2n) is 4.71. The summed E-state index contributed by atoms with van der Waals surface area (Å²) in [5.41, 5.74) is 0. The maximum absolute atomic E-state index is 12.2. The third-order valence-electron chi connectivity index (χ3n) is 3.18. The van der Waals surface area contributed by atoms with Crippen molar-refractivity contribution in [1.82, 2.24) is 10.2 Å². The number of carbonyl (C=O) groups is 1. The number of aliphatic hydroxyl groups is 1. The fourth-order valence-electron chi connectivity index (χ4n) is 2.11. The van der Waals surface area contributed by atoms with Crippen LogP contribution in [0, 0.1) is 0 Å². The van der Waals surface area contributed by atoms with Crippen LogP contribution in [0.4, 0.5) is 0 Å². The topological polar surface area (TPSA) is 61.8 Å². The van der Waals surface area contributed by atoms with Gasteiger partial charge >= 0.3 is 0 Å². The van der Waals surface area contributed by atoms with E-state index in [1.165, 1.54) is 0 Å². The van der Waals surface area contributed by atoms with Gasteiger partial charge in [-0.25, -0.2) is 0 Å². The molecule has 106 valence electrons. The van der Waals surface area contributed by atoms with E-state index >= 15 is 0 Å². The second-order valence-corrected chi connectivity index (χ2v) is 5.69. The van der Waals surface area contributed by atoms with Crippen LogP contribution < -0.4 is 5.32 Å². The van der Waals surface area contributed by atoms with Crippen LogP contribution >= 0.6 is 11.3 Å². The van der Waals surface area contributed by atoms with E-state index < -0.39 is 6.10 Å². The molecule has 19 heavy (non-hydrogen) atoms. The quantitative estimate of drug-likeness (QED) is 0.832. The molecule has 0 spiro atoms. The molecule has 6 heteroatoms. The van der Waals surface area contributed by atoms with Crippen molar-refractivity contribution >= 4 is 17.2 Å². The number of nitrogens with one attached hydrogen (secondary N) is 1. The molecule has 0 unspecified atom stereocenters. The normalized spacial score (nSPS) is 22.1. The number of morpholine rings is 1. The third kappa shape index (κ3) is 4.01. The molecule has 1 aromatic rings. The molecule has 2 N–H and O–H groups in total. The molecule has 0 aliphatic carbocycles. The van der Waals surface area contributed by atoms with Crippen molar-refractivity contribution in [2.75, 3.05) is 33.4 Å². The van der Waals surface area contributed by atoms with Gasteiger partial charge in [-0.1, -0.05) is 6.07 Å². The van der Waals surface area contributed by atoms with Crippen molar-refractivity contribution in [2.24, 2.45) is 0 Å². The lowest BCUT2D eigenvalue weighted by molar-refractivity contribution is -0.138. The van der Waals surface area contributed by atoms with E-state index in [0.29, 0.717) is 19.6 Å². The number of amides is 1. The van der Waals surface area contributed by atoms with Gasteiger partial charge in [0.1, 0.15) is 6.10 Å². The van der Waals surface area contributed by atoms with E-state index in [9.17, 15) is 4.79 Å². The Kier molecular flexibility index (Phi) is 5.33. The number of ether oxygens (including phenoxy) is 1. The van der Waals surface area contributed by atoms with Crippen molar-refractivity contribution in [2.45, 2.75) is 18.6 Å². The first-order chi connectivity index (χ1) is 9.20. The summed E-state index contributed by atoms with van der Waals surface area (Å²) >= 11 is 1.58. The Balaban J connectivity index is 1.95. The molecule has 1 fully saturated rings. The van der Waals surface area contributed by atoms with E-state index in [0.717, 1.165) is 11.4 Å². The molecule has 0 saturated carbocycles. The van der Waals surface area contributed by atoms with Gasteiger partial charge in [0.15, 0.2) is 0 Å². The van der Waals surface area contributed by atoms with Crippen LogP contribution in [-0.2, 0) is 9.53 Å². The lowest BCUT2D eigenvalue weighted by Crippen LogP contribution is -2.49. The highest BCUT2D eigenvalue weighted by molar-refractivity contribution is 7.10. The van der Waals surface area contributed by atoms with Gasteiger partial charge < -0.3 is 20.1 Å². The predicted octanol–water partition coefficient (Wildman–Crippen LogP) is 0.618. The lowest BCUT2D eigenvalue weighted by atomic mass is 10.1. The van der Waals surface area contributed by atoms with E-state index in [-0.39, 0.29) is 18.6 Å². The number of thiophene rings is 1. The van der Waals surface area contributed by atoms with Crippen LogP contribution in [-0.4, -0.2) is 55.4 Å². The summed E-state index contributed by atoms with van der Waals surface area (Å²) in [6.45, 7) is 2.10. The lowest BCUT2D eigenvalue weighted by Gasteiger charge is -2.30. The Hall–Kier alpha value is -0.950. The summed E-state index contributed by atoms with van der Waals surface area (Å²) < 4.78 is 5.49. The minimum absolute atomic E-state index is 0.0499. The third-order valence-corrected chi connectivity index (χ3v) is 4.17. The largest absolute Gasteiger partial charge is 0.396 e. The molecule has 0 bridgehead atoms. The van der Waals surface area contributed by atoms with Crippen molar-refractivity contribution < 1.29 is 14.6 Å². The summed E-state index contributed by atoms with van der Waals surface area (Å²) in [5, 5.41) is 14.1. The molecule has 1 aliphatic heterocycles. The van der Waals surface area contributed by atoms with E-state index in [2.05, 4.69) is 10.2 Å². The van der Waals surface area contributed by atoms with Gasteiger partial charge in [0.2, 0.25) is 0 Å². The fraction of sp³-hybridized carbons (Fsp3) is 0.615. The first-order valence-corrected chi connectivity index (χ1v) is 7.33. The van der Waals surface area contributed by atoms with Gasteiger partial charge in [0, 0.05) is 24.6 Å². The maximum atomic E-state index is 12.2. The zero-order chi connectivity index (χ0) is 13.7. The Bertz CT molecular complexity index is 397. The maximum Gasteiger partial charge on any atom is 0.250 e. The molecule has 2 atom stereocenters. The highest BCUT2D eigenvalue weighted by Crippen LogP contribution is 2.22. The first-order valence-electron chi connectivity index (χ1n) is 6.45. The Morgan fingerprint density at radius 3 is 3.21 bits per heavy atom. The summed E-state index contributed by atoms with van der Waals surface area (Å²) in [4.78, 5) is 15.3. The molecule has 0 aromatic carbocycles. The summed E-state index contributed by atoms with van der Waals surface area (Å²) in [6.07, 6.45) is 0.106. The molecule has 1 aliphatic rings. The fourth-order valence-corrected chi connectivity index (χ4v) is 2.92. The molecule has 2 heterocycles. The molecule has 2 rings (SSSR count). The van der Waals surface area contributed by atoms with Crippen LogP contribution in [0.25, 0.3) is 0 Å². The van der Waals surface area contributed by atoms with Crippen LogP contribution in [0.1, 0.15) is 17.3 Å². The van der Waals surface area contributed by atoms with Crippen molar-refractivity contribution in [3.8, 4) is 0 Å². The Morgan fingerprint density at radius 2 is 2.58 bits per heavy atom. The van der Waals surface area contributed by atoms with Gasteiger partial charge in [-0.05, 0) is 24.9 Å². The van der Waals surface area contributed by atoms with E-state index in [1.807, 2.05) is 24.6 Å². The van der Waals surface area contributed by atoms with Crippen LogP contribution in [0.3, 0.4) is 0 Å². The second kappa shape index (κ2) is 7.00. The number of rotatable bonds is 5. The van der Waals surface area contributed by atoms with Gasteiger partial charge in [0.05, 0.1) is 12.6 Å². The van der Waals surface area contributed by atoms with Crippen LogP contribution in [0.5, 0.6) is 0 Å². The predicted molar refractivity (Wildman–Crippen MR) is 74.1 cm³/mol. The number of nitrogens with zero attached hydrogens (tertiary/aromatic N) is 1. The summed E-state index contributed by atoms with van der Waals surface area (Å²) in [5.74, 6) is -0.0987. The highest BCUT2D eigenvalue weighted by Gasteiger charge is 2.27. The summed E-state index contributed by atoms with van der Waals surface area (Å²) in [6, 6.07) is 3.79. The van der Waals surface area contributed by atoms with Crippen molar-refractivity contribution in [3.05, 3.63) is 22.4 Å². The van der Waals surface area contributed by atoms with Gasteiger partial charge in [0.25, 0.3) is 5.91 Å².